The van der Waals surface area contributed by atoms with Gasteiger partial charge < -0.3 is 16.2 Å². The molecule has 5 nitrogen and oxygen atoms in total. The molecule has 1 aromatic rings. The third kappa shape index (κ3) is 3.90. The van der Waals surface area contributed by atoms with Crippen molar-refractivity contribution in [3.8, 4) is 6.07 Å². The molecule has 0 aliphatic carbocycles. The maximum Gasteiger partial charge on any atom is 0.150 e. The lowest BCUT2D eigenvalue weighted by Crippen LogP contribution is -2.17. The molecule has 1 aromatic heterocycles. The number of hydrogen-bond acceptors (Lipinski definition) is 5. The lowest BCUT2D eigenvalue weighted by Gasteiger charge is -2.17. The highest BCUT2D eigenvalue weighted by atomic mass is 16.3. The topological polar surface area (TPSA) is 95.0 Å². The Labute approximate surface area is 108 Å². The van der Waals surface area contributed by atoms with Crippen LogP contribution in [0.1, 0.15) is 31.7 Å². The lowest BCUT2D eigenvalue weighted by molar-refractivity contribution is 0.255. The van der Waals surface area contributed by atoms with Gasteiger partial charge in [-0.2, -0.15) is 5.26 Å². The first-order chi connectivity index (χ1) is 8.72. The molecule has 0 aromatic carbocycles. The van der Waals surface area contributed by atoms with Crippen molar-refractivity contribution >= 4 is 11.5 Å². The van der Waals surface area contributed by atoms with Gasteiger partial charge in [0.1, 0.15) is 6.07 Å². The summed E-state index contributed by atoms with van der Waals surface area (Å²) in [5.74, 6) is 0.944. The summed E-state index contributed by atoms with van der Waals surface area (Å²) in [5, 5.41) is 21.0. The SMILES string of the molecule is CCCC(CCO)CNc1nccc(C#N)c1N. The van der Waals surface area contributed by atoms with Gasteiger partial charge >= 0.3 is 0 Å². The molecule has 18 heavy (non-hydrogen) atoms. The summed E-state index contributed by atoms with van der Waals surface area (Å²) in [4.78, 5) is 4.13. The molecule has 1 heterocycles. The maximum absolute atomic E-state index is 8.99. The Hall–Kier alpha value is -1.80. The van der Waals surface area contributed by atoms with Crippen LogP contribution in [-0.4, -0.2) is 23.2 Å². The van der Waals surface area contributed by atoms with Crippen LogP contribution in [0.5, 0.6) is 0 Å². The Bertz CT molecular complexity index is 408. The summed E-state index contributed by atoms with van der Waals surface area (Å²) in [5.41, 5.74) is 6.65. The fraction of sp³-hybridized carbons (Fsp3) is 0.538. The number of anilines is 2. The summed E-state index contributed by atoms with van der Waals surface area (Å²) in [6.45, 7) is 3.02. The van der Waals surface area contributed by atoms with Crippen molar-refractivity contribution in [1.82, 2.24) is 4.98 Å². The minimum absolute atomic E-state index is 0.188. The molecule has 0 saturated carbocycles. The van der Waals surface area contributed by atoms with Crippen LogP contribution in [0.3, 0.4) is 0 Å². The molecule has 1 atom stereocenters. The van der Waals surface area contributed by atoms with Crippen molar-refractivity contribution in [2.75, 3.05) is 24.2 Å². The predicted molar refractivity (Wildman–Crippen MR) is 72.0 cm³/mol. The second-order valence-electron chi connectivity index (χ2n) is 4.28. The highest BCUT2D eigenvalue weighted by molar-refractivity contribution is 5.68. The zero-order valence-corrected chi connectivity index (χ0v) is 10.7. The van der Waals surface area contributed by atoms with E-state index in [2.05, 4.69) is 17.2 Å². The molecular weight excluding hydrogens is 228 g/mol. The highest BCUT2D eigenvalue weighted by Crippen LogP contribution is 2.20. The Balaban J connectivity index is 2.64. The number of rotatable bonds is 7. The average molecular weight is 248 g/mol. The van der Waals surface area contributed by atoms with Crippen molar-refractivity contribution in [3.63, 3.8) is 0 Å². The van der Waals surface area contributed by atoms with E-state index in [1.807, 2.05) is 6.07 Å². The largest absolute Gasteiger partial charge is 0.396 e. The van der Waals surface area contributed by atoms with Gasteiger partial charge in [0, 0.05) is 19.3 Å². The van der Waals surface area contributed by atoms with Gasteiger partial charge in [-0.15, -0.1) is 0 Å². The highest BCUT2D eigenvalue weighted by Gasteiger charge is 2.10. The number of aliphatic hydroxyl groups excluding tert-OH is 1. The van der Waals surface area contributed by atoms with E-state index < -0.39 is 0 Å². The molecule has 0 saturated heterocycles. The second kappa shape index (κ2) is 7.51. The van der Waals surface area contributed by atoms with Gasteiger partial charge in [-0.3, -0.25) is 0 Å². The summed E-state index contributed by atoms with van der Waals surface area (Å²) in [6, 6.07) is 3.62. The van der Waals surface area contributed by atoms with E-state index in [1.165, 1.54) is 0 Å². The third-order valence-corrected chi connectivity index (χ3v) is 2.90. The first-order valence-corrected chi connectivity index (χ1v) is 6.22. The molecule has 0 aliphatic heterocycles. The van der Waals surface area contributed by atoms with E-state index in [4.69, 9.17) is 16.1 Å². The number of nitrogens with zero attached hydrogens (tertiary/aromatic N) is 2. The molecule has 98 valence electrons. The second-order valence-corrected chi connectivity index (χ2v) is 4.28. The van der Waals surface area contributed by atoms with Crippen LogP contribution in [0.15, 0.2) is 12.3 Å². The number of pyridine rings is 1. The standard InChI is InChI=1S/C13H20N4O/c1-2-3-10(5-7-18)9-17-13-12(15)11(8-14)4-6-16-13/h4,6,10,18H,2-3,5,7,9,15H2,1H3,(H,16,17). The van der Waals surface area contributed by atoms with Gasteiger partial charge in [0.15, 0.2) is 5.82 Å². The number of aromatic nitrogens is 1. The normalized spacial score (nSPS) is 11.8. The first kappa shape index (κ1) is 14.3. The molecule has 5 heteroatoms. The van der Waals surface area contributed by atoms with Crippen LogP contribution in [0.4, 0.5) is 11.5 Å². The zero-order valence-electron chi connectivity index (χ0n) is 10.7. The predicted octanol–water partition coefficient (Wildman–Crippen LogP) is 1.75. The molecule has 1 rings (SSSR count). The van der Waals surface area contributed by atoms with Crippen molar-refractivity contribution in [2.45, 2.75) is 26.2 Å². The van der Waals surface area contributed by atoms with Crippen molar-refractivity contribution in [3.05, 3.63) is 17.8 Å². The van der Waals surface area contributed by atoms with Gasteiger partial charge in [-0.05, 0) is 24.8 Å². The van der Waals surface area contributed by atoms with Gasteiger partial charge in [-0.1, -0.05) is 13.3 Å². The van der Waals surface area contributed by atoms with Crippen molar-refractivity contribution in [2.24, 2.45) is 5.92 Å². The molecule has 0 fully saturated rings. The summed E-state index contributed by atoms with van der Waals surface area (Å²) in [7, 11) is 0. The molecule has 4 N–H and O–H groups in total. The fourth-order valence-corrected chi connectivity index (χ4v) is 1.89. The number of nitrogen functional groups attached to an aromatic ring is 1. The van der Waals surface area contributed by atoms with Crippen molar-refractivity contribution in [1.29, 1.82) is 5.26 Å². The van der Waals surface area contributed by atoms with Crippen LogP contribution in [0.2, 0.25) is 0 Å². The summed E-state index contributed by atoms with van der Waals surface area (Å²) < 4.78 is 0. The van der Waals surface area contributed by atoms with Crippen LogP contribution in [0.25, 0.3) is 0 Å². The quantitative estimate of drug-likeness (QED) is 0.683. The number of nitriles is 1. The zero-order chi connectivity index (χ0) is 13.4. The average Bonchev–Trinajstić information content (AvgIpc) is 2.38. The van der Waals surface area contributed by atoms with Crippen LogP contribution in [0, 0.1) is 17.2 Å². The molecule has 0 radical (unpaired) electrons. The summed E-state index contributed by atoms with van der Waals surface area (Å²) >= 11 is 0. The van der Waals surface area contributed by atoms with Crippen molar-refractivity contribution < 1.29 is 5.11 Å². The van der Waals surface area contributed by atoms with E-state index in [0.29, 0.717) is 29.5 Å². The third-order valence-electron chi connectivity index (χ3n) is 2.90. The van der Waals surface area contributed by atoms with E-state index in [9.17, 15) is 0 Å². The monoisotopic (exact) mass is 248 g/mol. The molecule has 0 bridgehead atoms. The van der Waals surface area contributed by atoms with Crippen LogP contribution >= 0.6 is 0 Å². The minimum atomic E-state index is 0.188. The van der Waals surface area contributed by atoms with Gasteiger partial charge in [0.25, 0.3) is 0 Å². The lowest BCUT2D eigenvalue weighted by atomic mass is 10.0. The number of nitrogens with one attached hydrogen (secondary N) is 1. The molecule has 0 aliphatic rings. The van der Waals surface area contributed by atoms with Crippen LogP contribution in [-0.2, 0) is 0 Å². The molecule has 0 amide bonds. The Morgan fingerprint density at radius 3 is 2.94 bits per heavy atom. The molecular formula is C13H20N4O. The molecule has 1 unspecified atom stereocenters. The smallest absolute Gasteiger partial charge is 0.150 e. The van der Waals surface area contributed by atoms with E-state index in [-0.39, 0.29) is 6.61 Å². The van der Waals surface area contributed by atoms with Gasteiger partial charge in [-0.25, -0.2) is 4.98 Å². The Morgan fingerprint density at radius 2 is 2.33 bits per heavy atom. The molecule has 0 spiro atoms. The van der Waals surface area contributed by atoms with Crippen LogP contribution < -0.4 is 11.1 Å². The van der Waals surface area contributed by atoms with E-state index >= 15 is 0 Å². The van der Waals surface area contributed by atoms with Gasteiger partial charge in [0.05, 0.1) is 11.3 Å². The Morgan fingerprint density at radius 1 is 1.56 bits per heavy atom. The van der Waals surface area contributed by atoms with Gasteiger partial charge in [0.2, 0.25) is 0 Å². The van der Waals surface area contributed by atoms with E-state index in [0.717, 1.165) is 19.3 Å². The maximum atomic E-state index is 8.99. The first-order valence-electron chi connectivity index (χ1n) is 6.22. The van der Waals surface area contributed by atoms with E-state index in [1.54, 1.807) is 12.3 Å². The minimum Gasteiger partial charge on any atom is -0.396 e. The summed E-state index contributed by atoms with van der Waals surface area (Å²) in [6.07, 6.45) is 4.45. The number of aliphatic hydroxyl groups is 1. The number of nitrogens with two attached hydrogens (primary N) is 1. The Kier molecular flexibility index (Phi) is 5.95. The number of hydrogen-bond donors (Lipinski definition) is 3. The fourth-order valence-electron chi connectivity index (χ4n) is 1.89.